The van der Waals surface area contributed by atoms with Crippen molar-refractivity contribution in [2.75, 3.05) is 0 Å². The molecule has 0 aromatic carbocycles. The van der Waals surface area contributed by atoms with Gasteiger partial charge in [-0.15, -0.1) is 22.7 Å². The molecule has 0 bridgehead atoms. The molecule has 1 atom stereocenters. The highest BCUT2D eigenvalue weighted by atomic mass is 79.9. The molecule has 6 heteroatoms. The molecular weight excluding hydrogens is 339 g/mol. The van der Waals surface area contributed by atoms with Crippen molar-refractivity contribution in [2.45, 2.75) is 6.10 Å². The van der Waals surface area contributed by atoms with Gasteiger partial charge in [0, 0.05) is 10.4 Å². The number of hydrogen-bond acceptors (Lipinski definition) is 3. The quantitative estimate of drug-likeness (QED) is 0.816. The summed E-state index contributed by atoms with van der Waals surface area (Å²) in [6, 6.07) is 5.46. The fraction of sp³-hybridized carbons (Fsp3) is 0.111. The van der Waals surface area contributed by atoms with Gasteiger partial charge in [-0.25, -0.2) is 0 Å². The molecule has 2 aromatic rings. The Bertz CT molecular complexity index is 480. The van der Waals surface area contributed by atoms with Crippen LogP contribution in [0, 0.1) is 0 Å². The Morgan fingerprint density at radius 3 is 2.47 bits per heavy atom. The summed E-state index contributed by atoms with van der Waals surface area (Å²) in [5.74, 6) is 0. The molecule has 2 rings (SSSR count). The molecule has 1 nitrogen and oxygen atoms in total. The Morgan fingerprint density at radius 2 is 2.00 bits per heavy atom. The van der Waals surface area contributed by atoms with E-state index in [4.69, 9.17) is 23.2 Å². The van der Waals surface area contributed by atoms with Crippen LogP contribution < -0.4 is 0 Å². The molecule has 0 aliphatic carbocycles. The number of hydrogen-bond donors (Lipinski definition) is 1. The molecule has 15 heavy (non-hydrogen) atoms. The molecule has 1 unspecified atom stereocenters. The summed E-state index contributed by atoms with van der Waals surface area (Å²) in [5.41, 5.74) is 0.668. The topological polar surface area (TPSA) is 20.2 Å². The van der Waals surface area contributed by atoms with Crippen LogP contribution >= 0.6 is 61.8 Å². The minimum atomic E-state index is -0.697. The van der Waals surface area contributed by atoms with Gasteiger partial charge < -0.3 is 5.11 Å². The Labute approximate surface area is 113 Å². The molecule has 0 fully saturated rings. The average Bonchev–Trinajstić information content (AvgIpc) is 2.71. The van der Waals surface area contributed by atoms with Crippen LogP contribution in [-0.4, -0.2) is 5.11 Å². The maximum atomic E-state index is 10.1. The van der Waals surface area contributed by atoms with E-state index in [1.807, 2.05) is 12.1 Å². The number of thiophene rings is 2. The fourth-order valence-electron chi connectivity index (χ4n) is 1.17. The zero-order valence-corrected chi connectivity index (χ0v) is 11.9. The van der Waals surface area contributed by atoms with Crippen molar-refractivity contribution in [3.8, 4) is 0 Å². The largest absolute Gasteiger partial charge is 0.383 e. The first kappa shape index (κ1) is 11.9. The maximum absolute atomic E-state index is 10.1. The zero-order valence-electron chi connectivity index (χ0n) is 7.21. The minimum absolute atomic E-state index is 0.539. The second kappa shape index (κ2) is 4.73. The lowest BCUT2D eigenvalue weighted by molar-refractivity contribution is 0.225. The lowest BCUT2D eigenvalue weighted by atomic mass is 10.2. The number of rotatable bonds is 2. The van der Waals surface area contributed by atoms with Crippen molar-refractivity contribution in [2.24, 2.45) is 0 Å². The van der Waals surface area contributed by atoms with Gasteiger partial charge in [-0.1, -0.05) is 23.2 Å². The number of aliphatic hydroxyl groups excluding tert-OH is 1. The summed E-state index contributed by atoms with van der Waals surface area (Å²) in [6.07, 6.45) is -0.697. The third-order valence-electron chi connectivity index (χ3n) is 1.84. The van der Waals surface area contributed by atoms with Gasteiger partial charge in [0.05, 0.1) is 8.12 Å². The Hall–Kier alpha value is 0.420. The van der Waals surface area contributed by atoms with Crippen LogP contribution in [0.1, 0.15) is 16.5 Å². The normalized spacial score (nSPS) is 13.1. The molecule has 0 radical (unpaired) electrons. The third kappa shape index (κ3) is 2.57. The third-order valence-corrected chi connectivity index (χ3v) is 5.04. The second-order valence-electron chi connectivity index (χ2n) is 2.82. The summed E-state index contributed by atoms with van der Waals surface area (Å²) in [4.78, 5) is 0.846. The summed E-state index contributed by atoms with van der Waals surface area (Å²) >= 11 is 17.9. The number of halogens is 3. The van der Waals surface area contributed by atoms with Gasteiger partial charge in [0.2, 0.25) is 0 Å². The Balaban J connectivity index is 2.35. The fourth-order valence-corrected chi connectivity index (χ4v) is 4.12. The van der Waals surface area contributed by atoms with Gasteiger partial charge in [0.1, 0.15) is 10.4 Å². The van der Waals surface area contributed by atoms with E-state index in [0.29, 0.717) is 14.2 Å². The predicted molar refractivity (Wildman–Crippen MR) is 70.4 cm³/mol. The van der Waals surface area contributed by atoms with Crippen LogP contribution in [0.15, 0.2) is 22.0 Å². The van der Waals surface area contributed by atoms with E-state index in [2.05, 4.69) is 15.9 Å². The summed E-state index contributed by atoms with van der Waals surface area (Å²) < 4.78 is 2.11. The Morgan fingerprint density at radius 1 is 1.27 bits per heavy atom. The van der Waals surface area contributed by atoms with Gasteiger partial charge in [0.25, 0.3) is 0 Å². The van der Waals surface area contributed by atoms with Gasteiger partial charge in [-0.2, -0.15) is 0 Å². The van der Waals surface area contributed by atoms with Crippen molar-refractivity contribution in [3.63, 3.8) is 0 Å². The molecular formula is C9H5BrCl2OS2. The van der Waals surface area contributed by atoms with Crippen LogP contribution in [0.5, 0.6) is 0 Å². The molecule has 0 amide bonds. The van der Waals surface area contributed by atoms with Crippen molar-refractivity contribution in [1.82, 2.24) is 0 Å². The van der Waals surface area contributed by atoms with Gasteiger partial charge in [0.15, 0.2) is 0 Å². The summed E-state index contributed by atoms with van der Waals surface area (Å²) in [6.45, 7) is 0. The lowest BCUT2D eigenvalue weighted by Crippen LogP contribution is -1.94. The molecule has 0 saturated heterocycles. The van der Waals surface area contributed by atoms with Crippen molar-refractivity contribution in [3.05, 3.63) is 41.1 Å². The van der Waals surface area contributed by atoms with Crippen LogP contribution in [0.3, 0.4) is 0 Å². The van der Waals surface area contributed by atoms with Gasteiger partial charge >= 0.3 is 0 Å². The minimum Gasteiger partial charge on any atom is -0.383 e. The molecule has 0 saturated carbocycles. The van der Waals surface area contributed by atoms with Gasteiger partial charge in [-0.3, -0.25) is 0 Å². The molecule has 0 aliphatic heterocycles. The summed E-state index contributed by atoms with van der Waals surface area (Å²) in [5, 5.41) is 10.1. The van der Waals surface area contributed by atoms with E-state index in [9.17, 15) is 5.11 Å². The lowest BCUT2D eigenvalue weighted by Gasteiger charge is -2.06. The Kier molecular flexibility index (Phi) is 3.75. The van der Waals surface area contributed by atoms with E-state index in [1.54, 1.807) is 6.07 Å². The van der Waals surface area contributed by atoms with Crippen LogP contribution in [-0.2, 0) is 0 Å². The highest BCUT2D eigenvalue weighted by Gasteiger charge is 2.18. The van der Waals surface area contributed by atoms with E-state index >= 15 is 0 Å². The smallest absolute Gasteiger partial charge is 0.116 e. The zero-order chi connectivity index (χ0) is 11.0. The highest BCUT2D eigenvalue weighted by Crippen LogP contribution is 2.39. The molecule has 80 valence electrons. The molecule has 0 spiro atoms. The average molecular weight is 344 g/mol. The monoisotopic (exact) mass is 342 g/mol. The number of aliphatic hydroxyl groups is 1. The van der Waals surface area contributed by atoms with Crippen molar-refractivity contribution in [1.29, 1.82) is 0 Å². The van der Waals surface area contributed by atoms with Crippen LogP contribution in [0.25, 0.3) is 0 Å². The standard InChI is InChI=1S/C9H5BrCl2OS2/c10-6-2-1-5(14-6)8(13)4-3-7(11)15-9(4)12/h1-3,8,13H. The van der Waals surface area contributed by atoms with E-state index in [0.717, 1.165) is 8.66 Å². The first-order valence-electron chi connectivity index (χ1n) is 3.96. The molecule has 2 aromatic heterocycles. The molecule has 1 N–H and O–H groups in total. The first-order valence-corrected chi connectivity index (χ1v) is 7.14. The van der Waals surface area contributed by atoms with E-state index < -0.39 is 6.10 Å². The van der Waals surface area contributed by atoms with Crippen LogP contribution in [0.2, 0.25) is 8.67 Å². The van der Waals surface area contributed by atoms with Crippen molar-refractivity contribution < 1.29 is 5.11 Å². The predicted octanol–water partition coefficient (Wildman–Crippen LogP) is 4.96. The highest BCUT2D eigenvalue weighted by molar-refractivity contribution is 9.11. The van der Waals surface area contributed by atoms with Gasteiger partial charge in [-0.05, 0) is 34.1 Å². The second-order valence-corrected chi connectivity index (χ2v) is 7.60. The van der Waals surface area contributed by atoms with Crippen LogP contribution in [0.4, 0.5) is 0 Å². The molecule has 2 heterocycles. The first-order chi connectivity index (χ1) is 7.08. The molecule has 0 aliphatic rings. The maximum Gasteiger partial charge on any atom is 0.116 e. The summed E-state index contributed by atoms with van der Waals surface area (Å²) in [7, 11) is 0. The van der Waals surface area contributed by atoms with E-state index in [-0.39, 0.29) is 0 Å². The van der Waals surface area contributed by atoms with E-state index in [1.165, 1.54) is 22.7 Å². The van der Waals surface area contributed by atoms with Crippen molar-refractivity contribution >= 4 is 61.8 Å². The SMILES string of the molecule is OC(c1ccc(Br)s1)c1cc(Cl)sc1Cl.